The van der Waals surface area contributed by atoms with Crippen molar-refractivity contribution in [2.24, 2.45) is 0 Å². The van der Waals surface area contributed by atoms with Crippen LogP contribution in [0.15, 0.2) is 27.4 Å². The summed E-state index contributed by atoms with van der Waals surface area (Å²) in [6.45, 7) is 2.91. The van der Waals surface area contributed by atoms with Gasteiger partial charge in [-0.15, -0.1) is 0 Å². The normalized spacial score (nSPS) is 16.6. The number of rotatable bonds is 3. The maximum Gasteiger partial charge on any atom is 0.336 e. The molecule has 9 heteroatoms. The molecule has 5 rings (SSSR count). The predicted octanol–water partition coefficient (Wildman–Crippen LogP) is 3.19. The quantitative estimate of drug-likeness (QED) is 0.284. The number of carbonyl (C=O) groups is 2. The van der Waals surface area contributed by atoms with Crippen molar-refractivity contribution in [3.8, 4) is 28.7 Å². The average Bonchev–Trinajstić information content (AvgIpc) is 3.20. The van der Waals surface area contributed by atoms with Crippen LogP contribution in [-0.4, -0.2) is 30.8 Å². The van der Waals surface area contributed by atoms with Gasteiger partial charge in [0.15, 0.2) is 23.0 Å². The smallest absolute Gasteiger partial charge is 0.336 e. The van der Waals surface area contributed by atoms with Gasteiger partial charge in [-0.1, -0.05) is 0 Å². The van der Waals surface area contributed by atoms with E-state index in [0.717, 1.165) is 0 Å². The number of hydrogen-bond acceptors (Lipinski definition) is 9. The van der Waals surface area contributed by atoms with Gasteiger partial charge < -0.3 is 28.5 Å². The lowest BCUT2D eigenvalue weighted by Gasteiger charge is -2.28. The van der Waals surface area contributed by atoms with Crippen LogP contribution in [0.2, 0.25) is 0 Å². The SMILES string of the molecule is COc1cc(C2CC(=O)Oc3c(C(C)=O)c(O)c4c(C)cc(=O)oc4c32)cc2c1OCO2. The van der Waals surface area contributed by atoms with Crippen molar-refractivity contribution < 1.29 is 38.1 Å². The molecule has 2 aliphatic heterocycles. The van der Waals surface area contributed by atoms with Gasteiger partial charge in [-0.05, 0) is 37.1 Å². The second kappa shape index (κ2) is 7.01. The van der Waals surface area contributed by atoms with Gasteiger partial charge in [-0.2, -0.15) is 0 Å². The monoisotopic (exact) mass is 438 g/mol. The van der Waals surface area contributed by atoms with Crippen LogP contribution in [0.25, 0.3) is 11.0 Å². The number of aryl methyl sites for hydroxylation is 1. The molecule has 0 radical (unpaired) electrons. The lowest BCUT2D eigenvalue weighted by atomic mass is 9.82. The first-order valence-corrected chi connectivity index (χ1v) is 9.82. The van der Waals surface area contributed by atoms with Crippen LogP contribution in [0.1, 0.15) is 46.3 Å². The largest absolute Gasteiger partial charge is 0.506 e. The molecule has 0 saturated carbocycles. The van der Waals surface area contributed by atoms with Crippen LogP contribution in [0.5, 0.6) is 28.7 Å². The van der Waals surface area contributed by atoms with Crippen LogP contribution in [0.3, 0.4) is 0 Å². The molecular formula is C23H18O9. The Kier molecular flexibility index (Phi) is 4.37. The van der Waals surface area contributed by atoms with Crippen LogP contribution in [-0.2, 0) is 4.79 Å². The molecule has 164 valence electrons. The number of ether oxygens (including phenoxy) is 4. The molecule has 2 aliphatic rings. The van der Waals surface area contributed by atoms with Gasteiger partial charge in [0, 0.05) is 17.5 Å². The van der Waals surface area contributed by atoms with E-state index in [1.165, 1.54) is 20.1 Å². The zero-order valence-corrected chi connectivity index (χ0v) is 17.4. The molecule has 1 unspecified atom stereocenters. The van der Waals surface area contributed by atoms with E-state index < -0.39 is 29.0 Å². The third kappa shape index (κ3) is 2.81. The first-order valence-electron chi connectivity index (χ1n) is 9.82. The van der Waals surface area contributed by atoms with E-state index in [-0.39, 0.29) is 35.5 Å². The number of esters is 1. The van der Waals surface area contributed by atoms with Crippen molar-refractivity contribution in [3.05, 3.63) is 50.9 Å². The van der Waals surface area contributed by atoms with Crippen molar-refractivity contribution >= 4 is 22.7 Å². The summed E-state index contributed by atoms with van der Waals surface area (Å²) in [5, 5.41) is 11.1. The fourth-order valence-corrected chi connectivity index (χ4v) is 4.37. The number of fused-ring (bicyclic) bond motifs is 4. The van der Waals surface area contributed by atoms with E-state index >= 15 is 0 Å². The Balaban J connectivity index is 1.89. The highest BCUT2D eigenvalue weighted by Crippen LogP contribution is 2.52. The molecule has 0 saturated heterocycles. The molecular weight excluding hydrogens is 420 g/mol. The van der Waals surface area contributed by atoms with Gasteiger partial charge in [0.05, 0.1) is 18.9 Å². The Morgan fingerprint density at radius 1 is 1.16 bits per heavy atom. The summed E-state index contributed by atoms with van der Waals surface area (Å²) < 4.78 is 27.3. The second-order valence-electron chi connectivity index (χ2n) is 7.66. The van der Waals surface area contributed by atoms with Crippen LogP contribution >= 0.6 is 0 Å². The minimum absolute atomic E-state index is 0.0256. The predicted molar refractivity (Wildman–Crippen MR) is 110 cm³/mol. The average molecular weight is 438 g/mol. The van der Waals surface area contributed by atoms with Crippen molar-refractivity contribution in [2.45, 2.75) is 26.2 Å². The Bertz CT molecular complexity index is 1380. The number of aromatic hydroxyl groups is 1. The summed E-state index contributed by atoms with van der Waals surface area (Å²) in [7, 11) is 1.48. The zero-order valence-electron chi connectivity index (χ0n) is 17.4. The summed E-state index contributed by atoms with van der Waals surface area (Å²) in [6.07, 6.45) is -0.0926. The number of phenolic OH excluding ortho intramolecular Hbond substituents is 1. The van der Waals surface area contributed by atoms with Gasteiger partial charge in [0.2, 0.25) is 12.5 Å². The Morgan fingerprint density at radius 2 is 1.94 bits per heavy atom. The van der Waals surface area contributed by atoms with Crippen LogP contribution in [0.4, 0.5) is 0 Å². The fourth-order valence-electron chi connectivity index (χ4n) is 4.37. The summed E-state index contributed by atoms with van der Waals surface area (Å²) >= 11 is 0. The molecule has 1 N–H and O–H groups in total. The van der Waals surface area contributed by atoms with Gasteiger partial charge in [0.1, 0.15) is 16.9 Å². The third-order valence-electron chi connectivity index (χ3n) is 5.72. The Hall–Kier alpha value is -4.01. The molecule has 1 aromatic heterocycles. The molecule has 32 heavy (non-hydrogen) atoms. The first kappa shape index (κ1) is 19.9. The molecule has 1 atom stereocenters. The van der Waals surface area contributed by atoms with Crippen LogP contribution < -0.4 is 24.6 Å². The first-order chi connectivity index (χ1) is 15.3. The lowest BCUT2D eigenvalue weighted by Crippen LogP contribution is -2.23. The highest BCUT2D eigenvalue weighted by atomic mass is 16.7. The van der Waals surface area contributed by atoms with Gasteiger partial charge in [-0.3, -0.25) is 9.59 Å². The molecule has 0 fully saturated rings. The number of carbonyl (C=O) groups excluding carboxylic acids is 2. The van der Waals surface area contributed by atoms with E-state index in [4.69, 9.17) is 23.4 Å². The highest BCUT2D eigenvalue weighted by Gasteiger charge is 2.38. The molecule has 0 aliphatic carbocycles. The van der Waals surface area contributed by atoms with Crippen molar-refractivity contribution in [1.29, 1.82) is 0 Å². The number of Topliss-reactive ketones (excluding diaryl/α,β-unsaturated/α-hetero) is 1. The lowest BCUT2D eigenvalue weighted by molar-refractivity contribution is -0.135. The van der Waals surface area contributed by atoms with E-state index in [1.54, 1.807) is 19.1 Å². The summed E-state index contributed by atoms with van der Waals surface area (Å²) in [5.41, 5.74) is 0.639. The van der Waals surface area contributed by atoms with Crippen molar-refractivity contribution in [1.82, 2.24) is 0 Å². The van der Waals surface area contributed by atoms with E-state index in [9.17, 15) is 19.5 Å². The summed E-state index contributed by atoms with van der Waals surface area (Å²) in [5.74, 6) is -0.995. The number of methoxy groups -OCH3 is 1. The standard InChI is InChI=1S/C23H18O9/c1-9-4-15(25)31-22-17(9)20(27)18(10(2)24)23-19(22)12(7-16(26)32-23)11-5-13(28-3)21-14(6-11)29-8-30-21/h4-6,12,27H,7-8H2,1-3H3. The van der Waals surface area contributed by atoms with Crippen LogP contribution in [0, 0.1) is 6.92 Å². The van der Waals surface area contributed by atoms with Gasteiger partial charge in [0.25, 0.3) is 0 Å². The number of hydrogen-bond donors (Lipinski definition) is 1. The molecule has 2 aromatic carbocycles. The van der Waals surface area contributed by atoms with Crippen molar-refractivity contribution in [3.63, 3.8) is 0 Å². The van der Waals surface area contributed by atoms with E-state index in [1.807, 2.05) is 0 Å². The third-order valence-corrected chi connectivity index (χ3v) is 5.72. The molecule has 9 nitrogen and oxygen atoms in total. The zero-order chi connectivity index (χ0) is 22.7. The van der Waals surface area contributed by atoms with E-state index in [0.29, 0.717) is 33.9 Å². The number of benzene rings is 2. The molecule has 0 amide bonds. The molecule has 3 heterocycles. The van der Waals surface area contributed by atoms with Gasteiger partial charge in [-0.25, -0.2) is 4.79 Å². The fraction of sp³-hybridized carbons (Fsp3) is 0.261. The number of phenols is 1. The minimum atomic E-state index is -0.666. The molecule has 0 bridgehead atoms. The Morgan fingerprint density at radius 3 is 2.66 bits per heavy atom. The molecule has 3 aromatic rings. The molecule has 0 spiro atoms. The summed E-state index contributed by atoms with van der Waals surface area (Å²) in [6, 6.07) is 4.63. The number of ketones is 1. The van der Waals surface area contributed by atoms with Crippen molar-refractivity contribution in [2.75, 3.05) is 13.9 Å². The maximum atomic E-state index is 12.6. The van der Waals surface area contributed by atoms with E-state index in [2.05, 4.69) is 0 Å². The summed E-state index contributed by atoms with van der Waals surface area (Å²) in [4.78, 5) is 37.2. The highest BCUT2D eigenvalue weighted by molar-refractivity contribution is 6.09. The van der Waals surface area contributed by atoms with Gasteiger partial charge >= 0.3 is 11.6 Å². The topological polar surface area (TPSA) is 122 Å². The second-order valence-corrected chi connectivity index (χ2v) is 7.66. The maximum absolute atomic E-state index is 12.6. The minimum Gasteiger partial charge on any atom is -0.506 e. The Labute approximate surface area is 181 Å².